The van der Waals surface area contributed by atoms with Gasteiger partial charge in [-0.25, -0.2) is 4.79 Å². The second kappa shape index (κ2) is 7.90. The summed E-state index contributed by atoms with van der Waals surface area (Å²) in [6.45, 7) is 1.58. The van der Waals surface area contributed by atoms with Crippen LogP contribution in [0.2, 0.25) is 0 Å². The fraction of sp³-hybridized carbons (Fsp3) is 0.423. The van der Waals surface area contributed by atoms with E-state index < -0.39 is 29.6 Å². The first kappa shape index (κ1) is 21.5. The maximum Gasteiger partial charge on any atom is 0.408 e. The van der Waals surface area contributed by atoms with Crippen LogP contribution in [0.5, 0.6) is 0 Å². The second-order valence-electron chi connectivity index (χ2n) is 9.77. The quantitative estimate of drug-likeness (QED) is 0.623. The molecule has 2 aromatic carbocycles. The summed E-state index contributed by atoms with van der Waals surface area (Å²) in [5.41, 5.74) is 3.49. The van der Waals surface area contributed by atoms with Gasteiger partial charge in [-0.2, -0.15) is 0 Å². The van der Waals surface area contributed by atoms with Gasteiger partial charge in [-0.3, -0.25) is 9.59 Å². The van der Waals surface area contributed by atoms with Crippen molar-refractivity contribution in [2.75, 3.05) is 6.61 Å². The van der Waals surface area contributed by atoms with Gasteiger partial charge in [0.15, 0.2) is 0 Å². The van der Waals surface area contributed by atoms with Crippen LogP contribution in [-0.2, 0) is 14.3 Å². The molecule has 1 spiro atoms. The number of aliphatic carboxylic acids is 1. The molecule has 1 atom stereocenters. The molecule has 5 rings (SSSR count). The van der Waals surface area contributed by atoms with Crippen molar-refractivity contribution in [2.24, 2.45) is 5.41 Å². The fourth-order valence-corrected chi connectivity index (χ4v) is 5.79. The van der Waals surface area contributed by atoms with Crippen molar-refractivity contribution in [1.29, 1.82) is 0 Å². The Balaban J connectivity index is 1.28. The summed E-state index contributed by atoms with van der Waals surface area (Å²) in [5.74, 6) is -1.64. The Kier molecular flexibility index (Phi) is 5.15. The third-order valence-electron chi connectivity index (χ3n) is 7.61. The summed E-state index contributed by atoms with van der Waals surface area (Å²) in [7, 11) is 0. The zero-order chi connectivity index (χ0) is 23.2. The van der Waals surface area contributed by atoms with Crippen molar-refractivity contribution in [3.05, 3.63) is 59.7 Å². The molecule has 0 radical (unpaired) electrons. The molecule has 3 N–H and O–H groups in total. The predicted molar refractivity (Wildman–Crippen MR) is 122 cm³/mol. The SMILES string of the molecule is C[C@@H](NC(=O)C1(NC(=O)OCC2c3ccccc3-c3ccccc32)CC2(CCC2)C1)C(=O)O. The molecule has 3 aliphatic rings. The van der Waals surface area contributed by atoms with E-state index >= 15 is 0 Å². The van der Waals surface area contributed by atoms with E-state index in [0.29, 0.717) is 12.8 Å². The van der Waals surface area contributed by atoms with Crippen LogP contribution in [0.3, 0.4) is 0 Å². The number of ether oxygens (including phenoxy) is 1. The van der Waals surface area contributed by atoms with Gasteiger partial charge in [-0.1, -0.05) is 55.0 Å². The zero-order valence-electron chi connectivity index (χ0n) is 18.6. The van der Waals surface area contributed by atoms with E-state index in [1.165, 1.54) is 6.92 Å². The minimum Gasteiger partial charge on any atom is -0.480 e. The fourth-order valence-electron chi connectivity index (χ4n) is 5.79. The van der Waals surface area contributed by atoms with Crippen molar-refractivity contribution in [3.8, 4) is 11.1 Å². The lowest BCUT2D eigenvalue weighted by atomic mass is 9.48. The summed E-state index contributed by atoms with van der Waals surface area (Å²) >= 11 is 0. The van der Waals surface area contributed by atoms with E-state index in [1.807, 2.05) is 24.3 Å². The molecule has 0 heterocycles. The van der Waals surface area contributed by atoms with E-state index in [1.54, 1.807) is 0 Å². The molecule has 2 fully saturated rings. The third-order valence-corrected chi connectivity index (χ3v) is 7.61. The number of hydrogen-bond donors (Lipinski definition) is 3. The summed E-state index contributed by atoms with van der Waals surface area (Å²) in [4.78, 5) is 37.0. The van der Waals surface area contributed by atoms with Crippen LogP contribution < -0.4 is 10.6 Å². The van der Waals surface area contributed by atoms with E-state index in [0.717, 1.165) is 41.5 Å². The van der Waals surface area contributed by atoms with Crippen LogP contribution >= 0.6 is 0 Å². The number of alkyl carbamates (subject to hydrolysis) is 1. The molecule has 2 aromatic rings. The maximum absolute atomic E-state index is 13.0. The number of nitrogens with one attached hydrogen (secondary N) is 2. The van der Waals surface area contributed by atoms with Crippen molar-refractivity contribution >= 4 is 18.0 Å². The van der Waals surface area contributed by atoms with Gasteiger partial charge >= 0.3 is 12.1 Å². The summed E-state index contributed by atoms with van der Waals surface area (Å²) in [5, 5.41) is 14.5. The van der Waals surface area contributed by atoms with Gasteiger partial charge in [0, 0.05) is 5.92 Å². The molecule has 172 valence electrons. The number of hydrogen-bond acceptors (Lipinski definition) is 4. The van der Waals surface area contributed by atoms with Crippen molar-refractivity contribution in [3.63, 3.8) is 0 Å². The predicted octanol–water partition coefficient (Wildman–Crippen LogP) is 3.82. The number of fused-ring (bicyclic) bond motifs is 3. The van der Waals surface area contributed by atoms with Gasteiger partial charge in [-0.05, 0) is 60.3 Å². The van der Waals surface area contributed by atoms with E-state index in [2.05, 4.69) is 34.9 Å². The smallest absolute Gasteiger partial charge is 0.408 e. The van der Waals surface area contributed by atoms with Crippen LogP contribution in [0.15, 0.2) is 48.5 Å². The van der Waals surface area contributed by atoms with Crippen molar-refractivity contribution in [1.82, 2.24) is 10.6 Å². The van der Waals surface area contributed by atoms with E-state index in [9.17, 15) is 14.4 Å². The maximum atomic E-state index is 13.0. The molecule has 7 heteroatoms. The first-order valence-corrected chi connectivity index (χ1v) is 11.5. The van der Waals surface area contributed by atoms with Gasteiger partial charge in [0.05, 0.1) is 0 Å². The van der Waals surface area contributed by atoms with Crippen LogP contribution in [-0.4, -0.2) is 41.3 Å². The van der Waals surface area contributed by atoms with Gasteiger partial charge in [0.1, 0.15) is 18.2 Å². The molecule has 0 aliphatic heterocycles. The second-order valence-corrected chi connectivity index (χ2v) is 9.77. The zero-order valence-corrected chi connectivity index (χ0v) is 18.6. The number of rotatable bonds is 6. The van der Waals surface area contributed by atoms with Crippen molar-refractivity contribution < 1.29 is 24.2 Å². The van der Waals surface area contributed by atoms with E-state index in [4.69, 9.17) is 9.84 Å². The Morgan fingerprint density at radius 2 is 1.61 bits per heavy atom. The highest BCUT2D eigenvalue weighted by Crippen LogP contribution is 2.60. The molecule has 7 nitrogen and oxygen atoms in total. The standard InChI is InChI=1S/C26H28N2O5/c1-16(22(29)30)27-23(31)26(14-25(15-26)11-6-12-25)28-24(32)33-13-21-19-9-4-2-7-17(19)18-8-3-5-10-20(18)21/h2-5,7-10,16,21H,6,11-15H2,1H3,(H,27,31)(H,28,32)(H,29,30)/t16-/m1/s1. The Bertz CT molecular complexity index is 1070. The Labute approximate surface area is 192 Å². The highest BCUT2D eigenvalue weighted by atomic mass is 16.5. The van der Waals surface area contributed by atoms with Gasteiger partial charge < -0.3 is 20.5 Å². The summed E-state index contributed by atoms with van der Waals surface area (Å²) < 4.78 is 5.65. The van der Waals surface area contributed by atoms with Gasteiger partial charge in [0.25, 0.3) is 0 Å². The molecule has 0 bridgehead atoms. The lowest BCUT2D eigenvalue weighted by Gasteiger charge is -2.59. The Morgan fingerprint density at radius 1 is 1.03 bits per heavy atom. The molecular weight excluding hydrogens is 420 g/mol. The summed E-state index contributed by atoms with van der Waals surface area (Å²) in [6.07, 6.45) is 3.56. The average Bonchev–Trinajstić information content (AvgIpc) is 3.07. The third kappa shape index (κ3) is 3.65. The molecular formula is C26H28N2O5. The highest BCUT2D eigenvalue weighted by Gasteiger charge is 2.62. The number of carbonyl (C=O) groups excluding carboxylic acids is 2. The van der Waals surface area contributed by atoms with Gasteiger partial charge in [-0.15, -0.1) is 0 Å². The molecule has 2 amide bonds. The summed E-state index contributed by atoms with van der Waals surface area (Å²) in [6, 6.07) is 15.2. The molecule has 0 saturated heterocycles. The monoisotopic (exact) mass is 448 g/mol. The topological polar surface area (TPSA) is 105 Å². The van der Waals surface area contributed by atoms with Crippen LogP contribution in [0, 0.1) is 5.41 Å². The number of carbonyl (C=O) groups is 3. The van der Waals surface area contributed by atoms with Crippen molar-refractivity contribution in [2.45, 2.75) is 56.5 Å². The Hall–Kier alpha value is -3.35. The lowest BCUT2D eigenvalue weighted by molar-refractivity contribution is -0.149. The Morgan fingerprint density at radius 3 is 2.12 bits per heavy atom. The van der Waals surface area contributed by atoms with Gasteiger partial charge in [0.2, 0.25) is 5.91 Å². The molecule has 0 unspecified atom stereocenters. The molecule has 33 heavy (non-hydrogen) atoms. The number of amides is 2. The minimum absolute atomic E-state index is 0.0701. The van der Waals surface area contributed by atoms with Crippen LogP contribution in [0.25, 0.3) is 11.1 Å². The lowest BCUT2D eigenvalue weighted by Crippen LogP contribution is -2.71. The van der Waals surface area contributed by atoms with Crippen LogP contribution in [0.1, 0.15) is 56.1 Å². The number of benzene rings is 2. The number of carboxylic acids is 1. The largest absolute Gasteiger partial charge is 0.480 e. The average molecular weight is 449 g/mol. The van der Waals surface area contributed by atoms with Crippen LogP contribution in [0.4, 0.5) is 4.79 Å². The molecule has 2 saturated carbocycles. The normalized spacial score (nSPS) is 19.9. The first-order valence-electron chi connectivity index (χ1n) is 11.5. The number of carboxylic acid groups (broad SMARTS) is 1. The molecule has 3 aliphatic carbocycles. The minimum atomic E-state index is -1.12. The van der Waals surface area contributed by atoms with E-state index in [-0.39, 0.29) is 17.9 Å². The molecule has 0 aromatic heterocycles. The highest BCUT2D eigenvalue weighted by molar-refractivity contribution is 5.94. The first-order chi connectivity index (χ1) is 15.8.